The quantitative estimate of drug-likeness (QED) is 0.502. The third-order valence-corrected chi connectivity index (χ3v) is 3.79. The Kier molecular flexibility index (Phi) is 4.32. The maximum atomic E-state index is 13.1. The molecule has 0 aliphatic heterocycles. The van der Waals surface area contributed by atoms with Crippen LogP contribution in [0.25, 0.3) is 0 Å². The Balaban J connectivity index is 0.00000133. The Morgan fingerprint density at radius 1 is 1.42 bits per heavy atom. The molecule has 1 aromatic carbocycles. The van der Waals surface area contributed by atoms with Crippen LogP contribution in [-0.2, 0) is 0 Å². The first-order valence-electron chi connectivity index (χ1n) is 6.46. The number of nitrogens with two attached hydrogens (primary N) is 1. The molecule has 2 unspecified atom stereocenters. The van der Waals surface area contributed by atoms with Crippen LogP contribution in [0.4, 0.5) is 4.39 Å². The van der Waals surface area contributed by atoms with E-state index in [0.717, 1.165) is 12.0 Å². The normalized spacial score (nSPS) is 25.7. The topological polar surface area (TPSA) is 41.6 Å². The van der Waals surface area contributed by atoms with Gasteiger partial charge in [-0.05, 0) is 37.0 Å². The van der Waals surface area contributed by atoms with Crippen molar-refractivity contribution in [1.29, 1.82) is 0 Å². The molecule has 0 heterocycles. The Hall–Kier alpha value is -0.850. The molecule has 0 saturated heterocycles. The molecular weight excluding hydrogens is 356 g/mol. The summed E-state index contributed by atoms with van der Waals surface area (Å²) in [6.45, 7) is 0. The van der Waals surface area contributed by atoms with Gasteiger partial charge in [0.05, 0.1) is 6.04 Å². The van der Waals surface area contributed by atoms with Crippen LogP contribution in [0.1, 0.15) is 30.7 Å². The van der Waals surface area contributed by atoms with Gasteiger partial charge >= 0.3 is 0 Å². The molecule has 2 fully saturated rings. The van der Waals surface area contributed by atoms with Crippen LogP contribution in [0.5, 0.6) is 0 Å². The molecule has 3 rings (SSSR count). The average Bonchev–Trinajstić information content (AvgIpc) is 3.22. The van der Waals surface area contributed by atoms with Crippen LogP contribution in [0.3, 0.4) is 0 Å². The van der Waals surface area contributed by atoms with Crippen molar-refractivity contribution in [2.45, 2.75) is 37.3 Å². The molecule has 0 aromatic heterocycles. The molecule has 3 nitrogen and oxygen atoms in total. The van der Waals surface area contributed by atoms with Crippen molar-refractivity contribution in [3.63, 3.8) is 0 Å². The SMILES string of the molecule is CN(C(N)=NC1CC1c1cccc(F)c1)C1CC1.I. The van der Waals surface area contributed by atoms with E-state index < -0.39 is 0 Å². The Bertz CT molecular complexity index is 487. The van der Waals surface area contributed by atoms with E-state index in [1.807, 2.05) is 13.1 Å². The van der Waals surface area contributed by atoms with Gasteiger partial charge in [0.2, 0.25) is 0 Å². The second kappa shape index (κ2) is 5.64. The summed E-state index contributed by atoms with van der Waals surface area (Å²) < 4.78 is 13.1. The van der Waals surface area contributed by atoms with E-state index in [1.54, 1.807) is 12.1 Å². The molecule has 1 aromatic rings. The maximum Gasteiger partial charge on any atom is 0.191 e. The van der Waals surface area contributed by atoms with Gasteiger partial charge in [0.25, 0.3) is 0 Å². The van der Waals surface area contributed by atoms with Crippen molar-refractivity contribution < 1.29 is 4.39 Å². The molecule has 2 aliphatic rings. The highest BCUT2D eigenvalue weighted by atomic mass is 127. The lowest BCUT2D eigenvalue weighted by Crippen LogP contribution is -2.36. The molecule has 2 N–H and O–H groups in total. The second-order valence-corrected chi connectivity index (χ2v) is 5.29. The highest BCUT2D eigenvalue weighted by Gasteiger charge is 2.39. The van der Waals surface area contributed by atoms with Crippen LogP contribution in [0, 0.1) is 5.82 Å². The average molecular weight is 375 g/mol. The zero-order chi connectivity index (χ0) is 12.7. The Morgan fingerprint density at radius 2 is 2.16 bits per heavy atom. The summed E-state index contributed by atoms with van der Waals surface area (Å²) in [6.07, 6.45) is 3.40. The van der Waals surface area contributed by atoms with E-state index in [2.05, 4.69) is 9.89 Å². The van der Waals surface area contributed by atoms with Crippen LogP contribution in [0.15, 0.2) is 29.3 Å². The molecule has 0 spiro atoms. The van der Waals surface area contributed by atoms with E-state index in [-0.39, 0.29) is 35.8 Å². The number of aliphatic imine (C=N–C) groups is 1. The largest absolute Gasteiger partial charge is 0.370 e. The number of guanidine groups is 1. The lowest BCUT2D eigenvalue weighted by Gasteiger charge is -2.16. The van der Waals surface area contributed by atoms with Crippen molar-refractivity contribution in [2.75, 3.05) is 7.05 Å². The fraction of sp³-hybridized carbons (Fsp3) is 0.500. The van der Waals surface area contributed by atoms with Crippen LogP contribution in [-0.4, -0.2) is 30.0 Å². The number of benzene rings is 1. The predicted octanol–water partition coefficient (Wildman–Crippen LogP) is 2.71. The van der Waals surface area contributed by atoms with Crippen molar-refractivity contribution in [3.8, 4) is 0 Å². The fourth-order valence-electron chi connectivity index (χ4n) is 2.33. The molecule has 0 amide bonds. The van der Waals surface area contributed by atoms with Crippen molar-refractivity contribution in [2.24, 2.45) is 10.7 Å². The molecule has 0 bridgehead atoms. The molecule has 104 valence electrons. The van der Waals surface area contributed by atoms with Crippen molar-refractivity contribution in [3.05, 3.63) is 35.6 Å². The summed E-state index contributed by atoms with van der Waals surface area (Å²) >= 11 is 0. The first kappa shape index (κ1) is 14.6. The van der Waals surface area contributed by atoms with E-state index >= 15 is 0 Å². The lowest BCUT2D eigenvalue weighted by atomic mass is 10.1. The highest BCUT2D eigenvalue weighted by molar-refractivity contribution is 14.0. The molecule has 2 saturated carbocycles. The number of rotatable bonds is 3. The maximum absolute atomic E-state index is 13.1. The third-order valence-electron chi connectivity index (χ3n) is 3.79. The number of hydrogen-bond donors (Lipinski definition) is 1. The molecule has 2 aliphatic carbocycles. The van der Waals surface area contributed by atoms with Crippen molar-refractivity contribution in [1.82, 2.24) is 4.90 Å². The monoisotopic (exact) mass is 375 g/mol. The number of nitrogens with zero attached hydrogens (tertiary/aromatic N) is 2. The molecule has 5 heteroatoms. The van der Waals surface area contributed by atoms with E-state index in [4.69, 9.17) is 5.73 Å². The standard InChI is InChI=1S/C14H18FN3.HI/c1-18(11-5-6-11)14(16)17-13-8-12(13)9-3-2-4-10(15)7-9;/h2-4,7,11-13H,5-6,8H2,1H3,(H2,16,17);1H. The van der Waals surface area contributed by atoms with E-state index in [0.29, 0.717) is 17.9 Å². The molecular formula is C14H19FIN3. The van der Waals surface area contributed by atoms with Crippen molar-refractivity contribution >= 4 is 29.9 Å². The predicted molar refractivity (Wildman–Crippen MR) is 85.4 cm³/mol. The van der Waals surface area contributed by atoms with Gasteiger partial charge < -0.3 is 10.6 Å². The van der Waals surface area contributed by atoms with Gasteiger partial charge in [0, 0.05) is 19.0 Å². The smallest absolute Gasteiger partial charge is 0.191 e. The van der Waals surface area contributed by atoms with Crippen LogP contribution < -0.4 is 5.73 Å². The number of hydrogen-bond acceptors (Lipinski definition) is 1. The second-order valence-electron chi connectivity index (χ2n) is 5.29. The van der Waals surface area contributed by atoms with Gasteiger partial charge in [-0.3, -0.25) is 0 Å². The lowest BCUT2D eigenvalue weighted by molar-refractivity contribution is 0.487. The zero-order valence-electron chi connectivity index (χ0n) is 10.9. The Morgan fingerprint density at radius 3 is 2.79 bits per heavy atom. The summed E-state index contributed by atoms with van der Waals surface area (Å²) in [5, 5.41) is 0. The zero-order valence-corrected chi connectivity index (χ0v) is 13.3. The number of halogens is 2. The van der Waals surface area contributed by atoms with Gasteiger partial charge in [-0.2, -0.15) is 0 Å². The van der Waals surface area contributed by atoms with Gasteiger partial charge in [-0.25, -0.2) is 9.38 Å². The van der Waals surface area contributed by atoms with Gasteiger partial charge in [0.1, 0.15) is 5.82 Å². The molecule has 2 atom stereocenters. The highest BCUT2D eigenvalue weighted by Crippen LogP contribution is 2.43. The van der Waals surface area contributed by atoms with E-state index in [1.165, 1.54) is 18.9 Å². The van der Waals surface area contributed by atoms with Gasteiger partial charge in [-0.15, -0.1) is 24.0 Å². The fourth-order valence-corrected chi connectivity index (χ4v) is 2.33. The summed E-state index contributed by atoms with van der Waals surface area (Å²) in [4.78, 5) is 6.59. The van der Waals surface area contributed by atoms with Gasteiger partial charge in [-0.1, -0.05) is 12.1 Å². The summed E-state index contributed by atoms with van der Waals surface area (Å²) in [5.41, 5.74) is 7.00. The molecule has 0 radical (unpaired) electrons. The minimum Gasteiger partial charge on any atom is -0.370 e. The first-order chi connectivity index (χ1) is 8.65. The van der Waals surface area contributed by atoms with Crippen LogP contribution >= 0.6 is 24.0 Å². The first-order valence-corrected chi connectivity index (χ1v) is 6.46. The minimum atomic E-state index is -0.176. The van der Waals surface area contributed by atoms with Gasteiger partial charge in [0.15, 0.2) is 5.96 Å². The minimum absolute atomic E-state index is 0. The Labute approximate surface area is 130 Å². The summed E-state index contributed by atoms with van der Waals surface area (Å²) in [6, 6.07) is 7.60. The molecule has 19 heavy (non-hydrogen) atoms. The van der Waals surface area contributed by atoms with Crippen LogP contribution in [0.2, 0.25) is 0 Å². The summed E-state index contributed by atoms with van der Waals surface area (Å²) in [5.74, 6) is 0.790. The third kappa shape index (κ3) is 3.38. The summed E-state index contributed by atoms with van der Waals surface area (Å²) in [7, 11) is 2.00. The van der Waals surface area contributed by atoms with E-state index in [9.17, 15) is 4.39 Å².